The summed E-state index contributed by atoms with van der Waals surface area (Å²) in [6.07, 6.45) is 1.84. The molecule has 0 radical (unpaired) electrons. The van der Waals surface area contributed by atoms with Gasteiger partial charge in [0.2, 0.25) is 0 Å². The van der Waals surface area contributed by atoms with Crippen molar-refractivity contribution in [2.24, 2.45) is 10.9 Å². The number of amidine groups is 1. The van der Waals surface area contributed by atoms with Crippen LogP contribution >= 0.6 is 0 Å². The number of nitrogens with zero attached hydrogens (tertiary/aromatic N) is 2. The summed E-state index contributed by atoms with van der Waals surface area (Å²) >= 11 is 0. The molecule has 0 spiro atoms. The maximum Gasteiger partial charge on any atom is 0.170 e. The van der Waals surface area contributed by atoms with Crippen molar-refractivity contribution in [3.8, 4) is 0 Å². The Morgan fingerprint density at radius 3 is 2.80 bits per heavy atom. The minimum absolute atomic E-state index is 0.0493. The van der Waals surface area contributed by atoms with Crippen molar-refractivity contribution in [3.63, 3.8) is 0 Å². The number of nitrogens with two attached hydrogens (primary N) is 1. The van der Waals surface area contributed by atoms with Gasteiger partial charge in [0.1, 0.15) is 0 Å². The minimum Gasteiger partial charge on any atom is -0.409 e. The zero-order valence-electron chi connectivity index (χ0n) is 11.2. The average molecular weight is 295 g/mol. The van der Waals surface area contributed by atoms with Crippen LogP contribution < -0.4 is 5.73 Å². The number of rotatable bonds is 5. The van der Waals surface area contributed by atoms with Crippen molar-refractivity contribution < 1.29 is 13.6 Å². The van der Waals surface area contributed by atoms with Gasteiger partial charge in [0, 0.05) is 35.0 Å². The summed E-state index contributed by atoms with van der Waals surface area (Å²) < 4.78 is 25.0. The summed E-state index contributed by atoms with van der Waals surface area (Å²) in [4.78, 5) is 0. The number of hydrogen-bond donors (Lipinski definition) is 2. The van der Waals surface area contributed by atoms with E-state index in [9.17, 15) is 8.42 Å². The van der Waals surface area contributed by atoms with Crippen LogP contribution in [0.2, 0.25) is 0 Å². The number of aromatic nitrogens is 1. The topological polar surface area (TPSA) is 97.7 Å². The first-order chi connectivity index (χ1) is 9.46. The first-order valence-corrected chi connectivity index (χ1v) is 8.06. The minimum atomic E-state index is -2.98. The molecule has 0 amide bonds. The average Bonchev–Trinajstić information content (AvgIpc) is 2.86. The highest BCUT2D eigenvalue weighted by Crippen LogP contribution is 2.18. The Balaban J connectivity index is 2.29. The first kappa shape index (κ1) is 14.4. The van der Waals surface area contributed by atoms with Crippen LogP contribution in [0.25, 0.3) is 10.9 Å². The molecule has 2 rings (SSSR count). The molecule has 20 heavy (non-hydrogen) atoms. The van der Waals surface area contributed by atoms with E-state index in [4.69, 9.17) is 10.9 Å². The molecule has 7 heteroatoms. The Morgan fingerprint density at radius 2 is 2.15 bits per heavy atom. The molecule has 0 saturated carbocycles. The zero-order valence-corrected chi connectivity index (χ0v) is 12.0. The Bertz CT molecular complexity index is 747. The highest BCUT2D eigenvalue weighted by Gasteiger charge is 2.09. The quantitative estimate of drug-likeness (QED) is 0.374. The van der Waals surface area contributed by atoms with Crippen molar-refractivity contribution in [1.29, 1.82) is 0 Å². The predicted octanol–water partition coefficient (Wildman–Crippen LogP) is 1.17. The number of sulfone groups is 1. The largest absolute Gasteiger partial charge is 0.409 e. The summed E-state index contributed by atoms with van der Waals surface area (Å²) in [7, 11) is -2.98. The lowest BCUT2D eigenvalue weighted by Gasteiger charge is -2.06. The standard InChI is InChI=1S/C13H17N3O3S/c1-2-20(18,19)8-7-16-6-5-10-9-11(13(14)15-17)3-4-12(10)16/h3-6,9,17H,2,7-8H2,1H3,(H2,14,15). The molecule has 1 heterocycles. The third kappa shape index (κ3) is 2.93. The lowest BCUT2D eigenvalue weighted by atomic mass is 10.1. The van der Waals surface area contributed by atoms with Gasteiger partial charge >= 0.3 is 0 Å². The van der Waals surface area contributed by atoms with Gasteiger partial charge in [-0.2, -0.15) is 0 Å². The fourth-order valence-corrected chi connectivity index (χ4v) is 2.76. The molecular weight excluding hydrogens is 278 g/mol. The maximum atomic E-state index is 11.5. The van der Waals surface area contributed by atoms with E-state index in [-0.39, 0.29) is 17.3 Å². The van der Waals surface area contributed by atoms with Crippen LogP contribution in [0.3, 0.4) is 0 Å². The Labute approximate surface area is 117 Å². The van der Waals surface area contributed by atoms with Gasteiger partial charge in [-0.3, -0.25) is 0 Å². The molecular formula is C13H17N3O3S. The molecule has 0 aliphatic rings. The van der Waals surface area contributed by atoms with Crippen LogP contribution in [-0.2, 0) is 16.4 Å². The highest BCUT2D eigenvalue weighted by molar-refractivity contribution is 7.91. The SMILES string of the molecule is CCS(=O)(=O)CCn1ccc2cc(/C(N)=N/O)ccc21. The van der Waals surface area contributed by atoms with Gasteiger partial charge in [-0.1, -0.05) is 12.1 Å². The van der Waals surface area contributed by atoms with Crippen molar-refractivity contribution in [2.45, 2.75) is 13.5 Å². The molecule has 0 saturated heterocycles. The number of aryl methyl sites for hydroxylation is 1. The second-order valence-electron chi connectivity index (χ2n) is 4.50. The number of oxime groups is 1. The molecule has 0 bridgehead atoms. The van der Waals surface area contributed by atoms with Crippen molar-refractivity contribution in [2.75, 3.05) is 11.5 Å². The lowest BCUT2D eigenvalue weighted by molar-refractivity contribution is 0.318. The Kier molecular flexibility index (Phi) is 3.99. The molecule has 2 aromatic rings. The summed E-state index contributed by atoms with van der Waals surface area (Å²) in [6, 6.07) is 7.25. The molecule has 0 aliphatic heterocycles. The zero-order chi connectivity index (χ0) is 14.8. The molecule has 3 N–H and O–H groups in total. The van der Waals surface area contributed by atoms with Gasteiger partial charge < -0.3 is 15.5 Å². The van der Waals surface area contributed by atoms with E-state index in [2.05, 4.69) is 5.16 Å². The van der Waals surface area contributed by atoms with Crippen molar-refractivity contribution in [3.05, 3.63) is 36.0 Å². The maximum absolute atomic E-state index is 11.5. The predicted molar refractivity (Wildman–Crippen MR) is 78.8 cm³/mol. The second kappa shape index (κ2) is 5.54. The van der Waals surface area contributed by atoms with E-state index in [0.29, 0.717) is 12.1 Å². The van der Waals surface area contributed by atoms with Crippen LogP contribution in [0, 0.1) is 0 Å². The van der Waals surface area contributed by atoms with Crippen LogP contribution in [0.4, 0.5) is 0 Å². The smallest absolute Gasteiger partial charge is 0.170 e. The highest BCUT2D eigenvalue weighted by atomic mass is 32.2. The van der Waals surface area contributed by atoms with E-state index >= 15 is 0 Å². The molecule has 108 valence electrons. The van der Waals surface area contributed by atoms with E-state index in [1.807, 2.05) is 22.9 Å². The van der Waals surface area contributed by atoms with E-state index in [0.717, 1.165) is 10.9 Å². The van der Waals surface area contributed by atoms with Gasteiger partial charge in [0.15, 0.2) is 15.7 Å². The Morgan fingerprint density at radius 1 is 1.40 bits per heavy atom. The summed E-state index contributed by atoms with van der Waals surface area (Å²) in [5.41, 5.74) is 7.09. The van der Waals surface area contributed by atoms with E-state index in [1.54, 1.807) is 19.1 Å². The molecule has 0 fully saturated rings. The van der Waals surface area contributed by atoms with Crippen molar-refractivity contribution in [1.82, 2.24) is 4.57 Å². The summed E-state index contributed by atoms with van der Waals surface area (Å²) in [5, 5.41) is 12.5. The van der Waals surface area contributed by atoms with Gasteiger partial charge in [0.25, 0.3) is 0 Å². The molecule has 0 unspecified atom stereocenters. The van der Waals surface area contributed by atoms with Gasteiger partial charge in [-0.05, 0) is 24.3 Å². The molecule has 0 aliphatic carbocycles. The molecule has 1 aromatic carbocycles. The number of fused-ring (bicyclic) bond motifs is 1. The fraction of sp³-hybridized carbons (Fsp3) is 0.308. The van der Waals surface area contributed by atoms with Crippen LogP contribution in [-0.4, -0.2) is 35.5 Å². The van der Waals surface area contributed by atoms with E-state index < -0.39 is 9.84 Å². The van der Waals surface area contributed by atoms with Crippen molar-refractivity contribution >= 4 is 26.6 Å². The first-order valence-electron chi connectivity index (χ1n) is 6.24. The lowest BCUT2D eigenvalue weighted by Crippen LogP contribution is -2.14. The van der Waals surface area contributed by atoms with Crippen LogP contribution in [0.5, 0.6) is 0 Å². The number of benzene rings is 1. The molecule has 6 nitrogen and oxygen atoms in total. The van der Waals surface area contributed by atoms with E-state index in [1.165, 1.54) is 0 Å². The third-order valence-electron chi connectivity index (χ3n) is 3.26. The Hall–Kier alpha value is -2.02. The van der Waals surface area contributed by atoms with Gasteiger partial charge in [0.05, 0.1) is 5.75 Å². The summed E-state index contributed by atoms with van der Waals surface area (Å²) in [6.45, 7) is 2.06. The molecule has 1 aromatic heterocycles. The summed E-state index contributed by atoms with van der Waals surface area (Å²) in [5.74, 6) is 0.322. The van der Waals surface area contributed by atoms with Crippen LogP contribution in [0.15, 0.2) is 35.6 Å². The second-order valence-corrected chi connectivity index (χ2v) is 6.98. The monoisotopic (exact) mass is 295 g/mol. The third-order valence-corrected chi connectivity index (χ3v) is 4.94. The number of hydrogen-bond acceptors (Lipinski definition) is 4. The normalized spacial score (nSPS) is 12.9. The van der Waals surface area contributed by atoms with Crippen LogP contribution in [0.1, 0.15) is 12.5 Å². The fourth-order valence-electron chi connectivity index (χ4n) is 1.99. The van der Waals surface area contributed by atoms with Gasteiger partial charge in [-0.15, -0.1) is 0 Å². The molecule has 0 atom stereocenters. The van der Waals surface area contributed by atoms with Gasteiger partial charge in [-0.25, -0.2) is 8.42 Å².